The third kappa shape index (κ3) is 4.91. The molecule has 1 saturated heterocycles. The molecule has 0 spiro atoms. The summed E-state index contributed by atoms with van der Waals surface area (Å²) >= 11 is 6.42. The number of esters is 2. The Balaban J connectivity index is 1.91. The molecule has 198 valence electrons. The van der Waals surface area contributed by atoms with Crippen molar-refractivity contribution in [2.75, 3.05) is 31.6 Å². The number of para-hydroxylation sites is 1. The molecule has 2 aromatic heterocycles. The molecule has 0 amide bonds. The maximum absolute atomic E-state index is 13.5. The fourth-order valence-electron chi connectivity index (χ4n) is 3.89. The number of rotatable bonds is 5. The van der Waals surface area contributed by atoms with Gasteiger partial charge in [0.15, 0.2) is 17.4 Å². The van der Waals surface area contributed by atoms with Gasteiger partial charge in [0, 0.05) is 20.1 Å². The monoisotopic (exact) mass is 544 g/mol. The fourth-order valence-corrected chi connectivity index (χ4v) is 4.11. The number of carbonyl (C=O) groups is 2. The first kappa shape index (κ1) is 26.2. The average Bonchev–Trinajstić information content (AvgIpc) is 3.26. The molecule has 1 atom stereocenters. The maximum Gasteiger partial charge on any atom is 0.490 e. The first-order valence-electron chi connectivity index (χ1n) is 10.7. The van der Waals surface area contributed by atoms with Crippen LogP contribution in [0.5, 0.6) is 0 Å². The van der Waals surface area contributed by atoms with E-state index < -0.39 is 42.1 Å². The number of hydrogen-bond acceptors (Lipinski definition) is 9. The number of piperazine rings is 1. The van der Waals surface area contributed by atoms with E-state index in [1.165, 1.54) is 16.5 Å². The zero-order valence-corrected chi connectivity index (χ0v) is 20.2. The van der Waals surface area contributed by atoms with Gasteiger partial charge < -0.3 is 14.4 Å². The van der Waals surface area contributed by atoms with Crippen LogP contribution in [0.2, 0.25) is 5.02 Å². The summed E-state index contributed by atoms with van der Waals surface area (Å²) in [6.45, 7) is -0.630. The van der Waals surface area contributed by atoms with Crippen LogP contribution in [0, 0.1) is 0 Å². The first-order chi connectivity index (χ1) is 17.4. The van der Waals surface area contributed by atoms with Crippen LogP contribution in [-0.2, 0) is 32.7 Å². The third-order valence-electron chi connectivity index (χ3n) is 5.64. The molecular formula is C21H20ClF3N6O6. The number of fused-ring (bicyclic) bond motifs is 1. The highest BCUT2D eigenvalue weighted by Gasteiger charge is 2.43. The number of methoxy groups -OCH3 is 1. The van der Waals surface area contributed by atoms with Crippen molar-refractivity contribution in [3.63, 3.8) is 0 Å². The topological polar surface area (TPSA) is 130 Å². The Morgan fingerprint density at radius 1 is 1.24 bits per heavy atom. The van der Waals surface area contributed by atoms with E-state index in [1.807, 2.05) is 0 Å². The van der Waals surface area contributed by atoms with Gasteiger partial charge in [0.25, 0.3) is 5.56 Å². The number of nitrogens with zero attached hydrogens (tertiary/aromatic N) is 5. The predicted molar refractivity (Wildman–Crippen MR) is 124 cm³/mol. The minimum absolute atomic E-state index is 0.0561. The van der Waals surface area contributed by atoms with Crippen molar-refractivity contribution in [3.8, 4) is 5.69 Å². The van der Waals surface area contributed by atoms with Crippen LogP contribution in [0.25, 0.3) is 16.9 Å². The molecule has 16 heteroatoms. The number of benzene rings is 1. The highest BCUT2D eigenvalue weighted by Crippen LogP contribution is 2.30. The van der Waals surface area contributed by atoms with Crippen LogP contribution in [0.3, 0.4) is 0 Å². The van der Waals surface area contributed by atoms with Gasteiger partial charge in [0.1, 0.15) is 6.54 Å². The number of hydrogen-bond donors (Lipinski definition) is 1. The van der Waals surface area contributed by atoms with Crippen LogP contribution in [0.15, 0.2) is 33.9 Å². The van der Waals surface area contributed by atoms with E-state index >= 15 is 0 Å². The van der Waals surface area contributed by atoms with Crippen molar-refractivity contribution in [3.05, 3.63) is 50.1 Å². The van der Waals surface area contributed by atoms with Crippen LogP contribution >= 0.6 is 11.6 Å². The zero-order chi connectivity index (χ0) is 27.1. The second-order valence-corrected chi connectivity index (χ2v) is 8.38. The quantitative estimate of drug-likeness (QED) is 0.458. The second kappa shape index (κ2) is 9.89. The van der Waals surface area contributed by atoms with Crippen LogP contribution in [0.4, 0.5) is 19.1 Å². The molecule has 0 saturated carbocycles. The molecule has 1 fully saturated rings. The van der Waals surface area contributed by atoms with E-state index in [2.05, 4.69) is 19.8 Å². The number of halogens is 4. The molecule has 1 aromatic carbocycles. The zero-order valence-electron chi connectivity index (χ0n) is 19.4. The number of aryl methyl sites for hydroxylation is 1. The molecule has 1 N–H and O–H groups in total. The van der Waals surface area contributed by atoms with Crippen molar-refractivity contribution >= 4 is 40.7 Å². The molecule has 0 bridgehead atoms. The average molecular weight is 545 g/mol. The minimum atomic E-state index is -5.18. The summed E-state index contributed by atoms with van der Waals surface area (Å²) in [4.78, 5) is 55.5. The Bertz CT molecular complexity index is 1500. The van der Waals surface area contributed by atoms with Crippen molar-refractivity contribution < 1.29 is 32.2 Å². The lowest BCUT2D eigenvalue weighted by Gasteiger charge is -2.34. The molecule has 0 radical (unpaired) electrons. The number of nitrogens with one attached hydrogen (secondary N) is 1. The van der Waals surface area contributed by atoms with Crippen LogP contribution in [0.1, 0.15) is 0 Å². The summed E-state index contributed by atoms with van der Waals surface area (Å²) in [5, 5.41) is 2.87. The second-order valence-electron chi connectivity index (χ2n) is 7.97. The summed E-state index contributed by atoms with van der Waals surface area (Å²) in [7, 11) is 2.45. The Kier molecular flexibility index (Phi) is 7.01. The summed E-state index contributed by atoms with van der Waals surface area (Å²) in [6, 6.07) is 6.41. The maximum atomic E-state index is 13.5. The molecule has 3 aromatic rings. The Labute approximate surface area is 210 Å². The SMILES string of the molecule is COC(=O)Cn1c(=O)c2c(nc(N3CCNC(OC(=O)C(F)(F)F)C3)n2-c2ccccc2Cl)n(C)c1=O. The molecule has 37 heavy (non-hydrogen) atoms. The Morgan fingerprint density at radius 3 is 2.59 bits per heavy atom. The van der Waals surface area contributed by atoms with E-state index in [1.54, 1.807) is 24.3 Å². The smallest absolute Gasteiger partial charge is 0.468 e. The van der Waals surface area contributed by atoms with Crippen molar-refractivity contribution in [1.82, 2.24) is 24.0 Å². The molecule has 0 aliphatic carbocycles. The number of anilines is 1. The molecule has 12 nitrogen and oxygen atoms in total. The number of aromatic nitrogens is 4. The standard InChI is InChI=1S/C21H20ClF3N6O6/c1-28-16-15(17(33)30(20(28)35)10-14(32)36-2)31(12-6-4-3-5-11(12)22)19(27-16)29-8-7-26-13(9-29)37-18(34)21(23,24)25/h3-6,13,26H,7-10H2,1-2H3. The summed E-state index contributed by atoms with van der Waals surface area (Å²) in [5.74, 6) is -3.14. The normalized spacial score (nSPS) is 16.2. The number of carbonyl (C=O) groups excluding carboxylic acids is 2. The molecule has 4 rings (SSSR count). The van der Waals surface area contributed by atoms with Gasteiger partial charge in [-0.2, -0.15) is 18.2 Å². The molecule has 3 heterocycles. The third-order valence-corrected chi connectivity index (χ3v) is 5.96. The summed E-state index contributed by atoms with van der Waals surface area (Å²) in [5.41, 5.74) is -1.60. The van der Waals surface area contributed by atoms with E-state index in [9.17, 15) is 32.3 Å². The van der Waals surface area contributed by atoms with Gasteiger partial charge in [0.05, 0.1) is 24.4 Å². The summed E-state index contributed by atoms with van der Waals surface area (Å²) < 4.78 is 50.4. The first-order valence-corrected chi connectivity index (χ1v) is 11.1. The van der Waals surface area contributed by atoms with Gasteiger partial charge in [-0.1, -0.05) is 23.7 Å². The van der Waals surface area contributed by atoms with Crippen LogP contribution in [-0.4, -0.2) is 69.8 Å². The van der Waals surface area contributed by atoms with Gasteiger partial charge in [-0.15, -0.1) is 0 Å². The highest BCUT2D eigenvalue weighted by molar-refractivity contribution is 6.32. The number of imidazole rings is 1. The van der Waals surface area contributed by atoms with Gasteiger partial charge in [-0.05, 0) is 12.1 Å². The van der Waals surface area contributed by atoms with Crippen LogP contribution < -0.4 is 21.5 Å². The molecular weight excluding hydrogens is 525 g/mol. The van der Waals surface area contributed by atoms with Gasteiger partial charge >= 0.3 is 23.8 Å². The van der Waals surface area contributed by atoms with E-state index in [0.29, 0.717) is 4.57 Å². The Morgan fingerprint density at radius 2 is 1.95 bits per heavy atom. The molecule has 1 unspecified atom stereocenters. The minimum Gasteiger partial charge on any atom is -0.468 e. The summed E-state index contributed by atoms with van der Waals surface area (Å²) in [6.07, 6.45) is -6.53. The fraction of sp³-hybridized carbons (Fsp3) is 0.381. The highest BCUT2D eigenvalue weighted by atomic mass is 35.5. The van der Waals surface area contributed by atoms with E-state index in [4.69, 9.17) is 11.6 Å². The lowest BCUT2D eigenvalue weighted by molar-refractivity contribution is -0.206. The lowest BCUT2D eigenvalue weighted by Crippen LogP contribution is -2.54. The number of alkyl halides is 3. The van der Waals surface area contributed by atoms with Gasteiger partial charge in [-0.3, -0.25) is 24.0 Å². The van der Waals surface area contributed by atoms with Gasteiger partial charge in [-0.25, -0.2) is 14.2 Å². The largest absolute Gasteiger partial charge is 0.490 e. The van der Waals surface area contributed by atoms with Crippen molar-refractivity contribution in [2.45, 2.75) is 18.9 Å². The number of ether oxygens (including phenoxy) is 2. The van der Waals surface area contributed by atoms with E-state index in [-0.39, 0.29) is 47.5 Å². The molecule has 1 aliphatic rings. The van der Waals surface area contributed by atoms with Crippen molar-refractivity contribution in [2.24, 2.45) is 7.05 Å². The van der Waals surface area contributed by atoms with Gasteiger partial charge in [0.2, 0.25) is 5.95 Å². The lowest BCUT2D eigenvalue weighted by atomic mass is 10.3. The van der Waals surface area contributed by atoms with Crippen molar-refractivity contribution in [1.29, 1.82) is 0 Å². The Hall–Kier alpha value is -3.85. The molecule has 1 aliphatic heterocycles. The predicted octanol–water partition coefficient (Wildman–Crippen LogP) is 0.554. The van der Waals surface area contributed by atoms with E-state index in [0.717, 1.165) is 11.7 Å².